The average molecular weight is 395 g/mol. The van der Waals surface area contributed by atoms with Crippen molar-refractivity contribution >= 4 is 17.7 Å². The zero-order chi connectivity index (χ0) is 20.6. The van der Waals surface area contributed by atoms with Crippen LogP contribution >= 0.6 is 0 Å². The number of amides is 3. The molecule has 2 aromatic rings. The molecule has 0 unspecified atom stereocenters. The first-order valence-corrected chi connectivity index (χ1v) is 9.79. The van der Waals surface area contributed by atoms with Gasteiger partial charge in [0, 0.05) is 25.8 Å². The first kappa shape index (κ1) is 20.4. The number of carbonyl (C=O) groups excluding carboxylic acids is 3. The van der Waals surface area contributed by atoms with Gasteiger partial charge in [-0.2, -0.15) is 0 Å². The van der Waals surface area contributed by atoms with Crippen molar-refractivity contribution in [1.29, 1.82) is 0 Å². The van der Waals surface area contributed by atoms with Crippen molar-refractivity contribution in [2.75, 3.05) is 19.6 Å². The summed E-state index contributed by atoms with van der Waals surface area (Å²) in [6, 6.07) is 9.87. The maximum Gasteiger partial charge on any atom is 0.313 e. The molecule has 29 heavy (non-hydrogen) atoms. The van der Waals surface area contributed by atoms with Crippen molar-refractivity contribution < 1.29 is 14.4 Å². The molecule has 1 atom stereocenters. The predicted molar refractivity (Wildman–Crippen MR) is 106 cm³/mol. The van der Waals surface area contributed by atoms with Gasteiger partial charge >= 0.3 is 11.8 Å². The summed E-state index contributed by atoms with van der Waals surface area (Å²) in [5, 5.41) is 2.83. The van der Waals surface area contributed by atoms with Crippen LogP contribution in [0.3, 0.4) is 0 Å². The van der Waals surface area contributed by atoms with Crippen LogP contribution in [-0.4, -0.2) is 57.1 Å². The van der Waals surface area contributed by atoms with Gasteiger partial charge in [-0.25, -0.2) is 9.97 Å². The summed E-state index contributed by atoms with van der Waals surface area (Å²) < 4.78 is 0. The van der Waals surface area contributed by atoms with Gasteiger partial charge in [0.1, 0.15) is 12.4 Å². The van der Waals surface area contributed by atoms with E-state index in [0.717, 1.165) is 12.8 Å². The van der Waals surface area contributed by atoms with Gasteiger partial charge in [0.05, 0.1) is 12.2 Å². The molecular weight excluding hydrogens is 370 g/mol. The summed E-state index contributed by atoms with van der Waals surface area (Å²) in [7, 11) is 0. The monoisotopic (exact) mass is 395 g/mol. The van der Waals surface area contributed by atoms with E-state index in [1.807, 2.05) is 25.1 Å². The molecule has 3 amide bonds. The van der Waals surface area contributed by atoms with Crippen molar-refractivity contribution in [3.8, 4) is 0 Å². The molecule has 1 fully saturated rings. The Morgan fingerprint density at radius 1 is 1.14 bits per heavy atom. The number of benzene rings is 1. The Morgan fingerprint density at radius 3 is 2.62 bits per heavy atom. The predicted octanol–water partition coefficient (Wildman–Crippen LogP) is 1.30. The van der Waals surface area contributed by atoms with Crippen LogP contribution in [0.25, 0.3) is 0 Å². The van der Waals surface area contributed by atoms with E-state index in [-0.39, 0.29) is 12.5 Å². The normalized spacial score (nSPS) is 15.3. The molecular formula is C21H25N5O3. The summed E-state index contributed by atoms with van der Waals surface area (Å²) >= 11 is 0. The molecule has 1 aromatic carbocycles. The molecule has 0 saturated carbocycles. The molecule has 1 aliphatic rings. The van der Waals surface area contributed by atoms with Gasteiger partial charge in [-0.1, -0.05) is 43.7 Å². The van der Waals surface area contributed by atoms with E-state index in [2.05, 4.69) is 15.3 Å². The van der Waals surface area contributed by atoms with E-state index in [9.17, 15) is 14.4 Å². The van der Waals surface area contributed by atoms with Crippen molar-refractivity contribution in [2.45, 2.75) is 32.4 Å². The molecule has 0 bridgehead atoms. The Kier molecular flexibility index (Phi) is 6.89. The van der Waals surface area contributed by atoms with Crippen LogP contribution in [0.4, 0.5) is 0 Å². The van der Waals surface area contributed by atoms with Crippen LogP contribution in [0.15, 0.2) is 48.9 Å². The van der Waals surface area contributed by atoms with E-state index in [0.29, 0.717) is 30.9 Å². The lowest BCUT2D eigenvalue weighted by Gasteiger charge is -2.38. The standard InChI is InChI=1S/C21H25N5O3/c1-2-3-11-25-12-13-26(21(29)20(25)28)18(16-7-5-4-6-8-16)19(27)23-14-17-9-10-22-15-24-17/h4-10,15,18H,2-3,11-14H2,1H3,(H,23,27)/t18-/m0/s1. The molecule has 1 saturated heterocycles. The molecule has 152 valence electrons. The van der Waals surface area contributed by atoms with Gasteiger partial charge in [0.2, 0.25) is 5.91 Å². The molecule has 8 heteroatoms. The third-order valence-electron chi connectivity index (χ3n) is 4.89. The minimum absolute atomic E-state index is 0.212. The summed E-state index contributed by atoms with van der Waals surface area (Å²) in [6.45, 7) is 3.55. The Morgan fingerprint density at radius 2 is 1.93 bits per heavy atom. The summed E-state index contributed by atoms with van der Waals surface area (Å²) in [5.74, 6) is -1.54. The maximum atomic E-state index is 13.0. The van der Waals surface area contributed by atoms with Gasteiger partial charge < -0.3 is 15.1 Å². The zero-order valence-corrected chi connectivity index (χ0v) is 16.5. The van der Waals surface area contributed by atoms with Gasteiger partial charge in [-0.05, 0) is 18.1 Å². The second-order valence-corrected chi connectivity index (χ2v) is 6.88. The van der Waals surface area contributed by atoms with E-state index >= 15 is 0 Å². The number of aromatic nitrogens is 2. The van der Waals surface area contributed by atoms with Crippen molar-refractivity contribution in [2.24, 2.45) is 0 Å². The Bertz CT molecular complexity index is 844. The van der Waals surface area contributed by atoms with Crippen LogP contribution in [-0.2, 0) is 20.9 Å². The number of nitrogens with zero attached hydrogens (tertiary/aromatic N) is 4. The smallest absolute Gasteiger partial charge is 0.313 e. The minimum Gasteiger partial charge on any atom is -0.348 e. The number of hydrogen-bond acceptors (Lipinski definition) is 5. The van der Waals surface area contributed by atoms with Crippen LogP contribution < -0.4 is 5.32 Å². The number of nitrogens with one attached hydrogen (secondary N) is 1. The highest BCUT2D eigenvalue weighted by Gasteiger charge is 2.39. The third-order valence-corrected chi connectivity index (χ3v) is 4.89. The molecule has 8 nitrogen and oxygen atoms in total. The van der Waals surface area contributed by atoms with Crippen LogP contribution in [0.2, 0.25) is 0 Å². The quantitative estimate of drug-likeness (QED) is 0.680. The fourth-order valence-electron chi connectivity index (χ4n) is 3.30. The van der Waals surface area contributed by atoms with E-state index in [1.54, 1.807) is 29.3 Å². The molecule has 1 N–H and O–H groups in total. The molecule has 0 radical (unpaired) electrons. The van der Waals surface area contributed by atoms with Gasteiger partial charge in [0.25, 0.3) is 0 Å². The minimum atomic E-state index is -0.872. The number of piperazine rings is 1. The highest BCUT2D eigenvalue weighted by atomic mass is 16.2. The Labute approximate surface area is 169 Å². The molecule has 1 aromatic heterocycles. The van der Waals surface area contributed by atoms with Crippen LogP contribution in [0.1, 0.15) is 37.1 Å². The molecule has 3 rings (SSSR count). The lowest BCUT2D eigenvalue weighted by atomic mass is 10.0. The van der Waals surface area contributed by atoms with Crippen molar-refractivity contribution in [3.63, 3.8) is 0 Å². The topological polar surface area (TPSA) is 95.5 Å². The number of unbranched alkanes of at least 4 members (excludes halogenated alkanes) is 1. The third kappa shape index (κ3) is 4.96. The molecule has 1 aliphatic heterocycles. The number of hydrogen-bond donors (Lipinski definition) is 1. The lowest BCUT2D eigenvalue weighted by molar-refractivity contribution is -0.159. The van der Waals surface area contributed by atoms with Crippen molar-refractivity contribution in [1.82, 2.24) is 25.1 Å². The van der Waals surface area contributed by atoms with Crippen LogP contribution in [0.5, 0.6) is 0 Å². The summed E-state index contributed by atoms with van der Waals surface area (Å²) in [4.78, 5) is 49.3. The second kappa shape index (κ2) is 9.77. The number of carbonyl (C=O) groups is 3. The van der Waals surface area contributed by atoms with Gasteiger partial charge in [-0.3, -0.25) is 14.4 Å². The average Bonchev–Trinajstić information content (AvgIpc) is 2.76. The summed E-state index contributed by atoms with van der Waals surface area (Å²) in [5.41, 5.74) is 1.32. The maximum absolute atomic E-state index is 13.0. The Balaban J connectivity index is 1.78. The SMILES string of the molecule is CCCCN1CCN([C@H](C(=O)NCc2ccncn2)c2ccccc2)C(=O)C1=O. The van der Waals surface area contributed by atoms with Gasteiger partial charge in [-0.15, -0.1) is 0 Å². The fraction of sp³-hybridized carbons (Fsp3) is 0.381. The summed E-state index contributed by atoms with van der Waals surface area (Å²) in [6.07, 6.45) is 4.80. The van der Waals surface area contributed by atoms with Crippen LogP contribution in [0, 0.1) is 0 Å². The van der Waals surface area contributed by atoms with Gasteiger partial charge in [0.15, 0.2) is 0 Å². The van der Waals surface area contributed by atoms with Crippen molar-refractivity contribution in [3.05, 3.63) is 60.2 Å². The molecule has 0 spiro atoms. The van der Waals surface area contributed by atoms with E-state index in [4.69, 9.17) is 0 Å². The van der Waals surface area contributed by atoms with E-state index < -0.39 is 17.9 Å². The lowest BCUT2D eigenvalue weighted by Crippen LogP contribution is -2.57. The number of rotatable bonds is 8. The first-order valence-electron chi connectivity index (χ1n) is 9.79. The fourth-order valence-corrected chi connectivity index (χ4v) is 3.30. The Hall–Kier alpha value is -3.29. The highest BCUT2D eigenvalue weighted by molar-refractivity contribution is 6.35. The highest BCUT2D eigenvalue weighted by Crippen LogP contribution is 2.24. The zero-order valence-electron chi connectivity index (χ0n) is 16.5. The first-order chi connectivity index (χ1) is 14.1. The largest absolute Gasteiger partial charge is 0.348 e. The second-order valence-electron chi connectivity index (χ2n) is 6.88. The van der Waals surface area contributed by atoms with E-state index in [1.165, 1.54) is 11.2 Å². The molecule has 2 heterocycles. The molecule has 0 aliphatic carbocycles.